The van der Waals surface area contributed by atoms with Gasteiger partial charge >= 0.3 is 0 Å². The molecule has 0 aliphatic rings. The molecule has 2 amide bonds. The Bertz CT molecular complexity index is 1160. The summed E-state index contributed by atoms with van der Waals surface area (Å²) in [5.41, 5.74) is 2.17. The predicted octanol–water partition coefficient (Wildman–Crippen LogP) is 3.24. The third kappa shape index (κ3) is 5.92. The summed E-state index contributed by atoms with van der Waals surface area (Å²) >= 11 is 0. The van der Waals surface area contributed by atoms with E-state index in [1.165, 1.54) is 6.07 Å². The maximum absolute atomic E-state index is 12.7. The first-order chi connectivity index (χ1) is 14.3. The van der Waals surface area contributed by atoms with Crippen molar-refractivity contribution in [2.75, 3.05) is 16.3 Å². The molecule has 0 atom stereocenters. The number of carbonyl (C=O) groups is 2. The van der Waals surface area contributed by atoms with Crippen LogP contribution in [-0.4, -0.2) is 26.5 Å². The highest BCUT2D eigenvalue weighted by molar-refractivity contribution is 7.92. The fraction of sp³-hybridized carbons (Fsp3) is 0.0909. The minimum absolute atomic E-state index is 0.253. The van der Waals surface area contributed by atoms with Crippen LogP contribution in [0.15, 0.2) is 78.9 Å². The zero-order valence-corrected chi connectivity index (χ0v) is 17.1. The molecule has 30 heavy (non-hydrogen) atoms. The average molecular weight is 423 g/mol. The molecule has 0 radical (unpaired) electrons. The smallest absolute Gasteiger partial charge is 0.255 e. The van der Waals surface area contributed by atoms with Gasteiger partial charge in [-0.05, 0) is 35.9 Å². The maximum atomic E-state index is 12.7. The van der Waals surface area contributed by atoms with Gasteiger partial charge in [-0.1, -0.05) is 48.5 Å². The van der Waals surface area contributed by atoms with Crippen molar-refractivity contribution in [3.63, 3.8) is 0 Å². The largest absolute Gasteiger partial charge is 0.348 e. The summed E-state index contributed by atoms with van der Waals surface area (Å²) in [5.74, 6) is -0.780. The Morgan fingerprint density at radius 3 is 2.27 bits per heavy atom. The number of para-hydroxylation sites is 1. The summed E-state index contributed by atoms with van der Waals surface area (Å²) in [6, 6.07) is 22.3. The topological polar surface area (TPSA) is 104 Å². The molecule has 0 heterocycles. The molecule has 3 rings (SSSR count). The first kappa shape index (κ1) is 21.1. The minimum Gasteiger partial charge on any atom is -0.348 e. The summed E-state index contributed by atoms with van der Waals surface area (Å²) in [4.78, 5) is 25.3. The van der Waals surface area contributed by atoms with Crippen molar-refractivity contribution in [2.24, 2.45) is 0 Å². The molecule has 154 valence electrons. The van der Waals surface area contributed by atoms with Crippen LogP contribution < -0.4 is 15.4 Å². The van der Waals surface area contributed by atoms with Gasteiger partial charge in [-0.3, -0.25) is 14.3 Å². The molecule has 3 aromatic carbocycles. The minimum atomic E-state index is -3.46. The van der Waals surface area contributed by atoms with E-state index in [4.69, 9.17) is 0 Å². The van der Waals surface area contributed by atoms with Crippen molar-refractivity contribution in [3.05, 3.63) is 95.6 Å². The maximum Gasteiger partial charge on any atom is 0.255 e. The van der Waals surface area contributed by atoms with E-state index in [1.54, 1.807) is 42.5 Å². The molecule has 3 aromatic rings. The number of nitrogens with one attached hydrogen (secondary N) is 3. The van der Waals surface area contributed by atoms with Crippen molar-refractivity contribution >= 4 is 33.2 Å². The van der Waals surface area contributed by atoms with E-state index < -0.39 is 15.9 Å². The number of carbonyl (C=O) groups excluding carboxylic acids is 2. The predicted molar refractivity (Wildman–Crippen MR) is 117 cm³/mol. The summed E-state index contributed by atoms with van der Waals surface area (Å²) in [6.45, 7) is 0.362. The van der Waals surface area contributed by atoms with Crippen molar-refractivity contribution in [1.29, 1.82) is 0 Å². The molecule has 0 saturated heterocycles. The molecular formula is C22H21N3O4S. The quantitative estimate of drug-likeness (QED) is 0.543. The molecular weight excluding hydrogens is 402 g/mol. The Morgan fingerprint density at radius 2 is 1.53 bits per heavy atom. The van der Waals surface area contributed by atoms with Crippen LogP contribution >= 0.6 is 0 Å². The summed E-state index contributed by atoms with van der Waals surface area (Å²) in [6.07, 6.45) is 1.03. The second-order valence-electron chi connectivity index (χ2n) is 6.62. The van der Waals surface area contributed by atoms with Crippen LogP contribution in [0, 0.1) is 0 Å². The highest BCUT2D eigenvalue weighted by Gasteiger charge is 2.14. The summed E-state index contributed by atoms with van der Waals surface area (Å²) in [5, 5.41) is 5.56. The number of hydrogen-bond donors (Lipinski definition) is 3. The lowest BCUT2D eigenvalue weighted by atomic mass is 10.1. The number of sulfonamides is 1. The number of anilines is 2. The lowest BCUT2D eigenvalue weighted by Gasteiger charge is -2.12. The van der Waals surface area contributed by atoms with Crippen LogP contribution in [0.2, 0.25) is 0 Å². The van der Waals surface area contributed by atoms with Gasteiger partial charge in [-0.25, -0.2) is 8.42 Å². The van der Waals surface area contributed by atoms with Gasteiger partial charge in [0.1, 0.15) is 0 Å². The molecule has 0 spiro atoms. The van der Waals surface area contributed by atoms with Gasteiger partial charge in [0.2, 0.25) is 10.0 Å². The van der Waals surface area contributed by atoms with Crippen LogP contribution in [0.5, 0.6) is 0 Å². The van der Waals surface area contributed by atoms with Crippen LogP contribution in [0.1, 0.15) is 26.3 Å². The zero-order valence-electron chi connectivity index (χ0n) is 16.3. The Hall–Kier alpha value is -3.65. The van der Waals surface area contributed by atoms with Crippen molar-refractivity contribution in [3.8, 4) is 0 Å². The van der Waals surface area contributed by atoms with Crippen molar-refractivity contribution < 1.29 is 18.0 Å². The van der Waals surface area contributed by atoms with Gasteiger partial charge in [0.05, 0.1) is 17.5 Å². The first-order valence-corrected chi connectivity index (χ1v) is 11.0. The highest BCUT2D eigenvalue weighted by Crippen LogP contribution is 2.18. The number of hydrogen-bond acceptors (Lipinski definition) is 4. The monoisotopic (exact) mass is 423 g/mol. The standard InChI is InChI=1S/C22H21N3O4S/c1-30(28,29)25-18-11-7-10-17(14-18)21(26)24-20-13-6-5-12-19(20)22(27)23-15-16-8-3-2-4-9-16/h2-14,25H,15H2,1H3,(H,23,27)(H,24,26). The number of benzene rings is 3. The lowest BCUT2D eigenvalue weighted by Crippen LogP contribution is -2.24. The van der Waals surface area contributed by atoms with E-state index >= 15 is 0 Å². The molecule has 0 aromatic heterocycles. The van der Waals surface area contributed by atoms with Gasteiger partial charge in [0.25, 0.3) is 11.8 Å². The van der Waals surface area contributed by atoms with E-state index in [1.807, 2.05) is 30.3 Å². The van der Waals surface area contributed by atoms with Crippen molar-refractivity contribution in [2.45, 2.75) is 6.54 Å². The van der Waals surface area contributed by atoms with E-state index in [0.29, 0.717) is 17.8 Å². The second kappa shape index (κ2) is 9.23. The molecule has 0 aliphatic heterocycles. The second-order valence-corrected chi connectivity index (χ2v) is 8.37. The summed E-state index contributed by atoms with van der Waals surface area (Å²) in [7, 11) is -3.46. The summed E-state index contributed by atoms with van der Waals surface area (Å²) < 4.78 is 25.1. The van der Waals surface area contributed by atoms with Gasteiger partial charge in [-0.2, -0.15) is 0 Å². The van der Waals surface area contributed by atoms with Gasteiger partial charge < -0.3 is 10.6 Å². The molecule has 0 aliphatic carbocycles. The van der Waals surface area contributed by atoms with Gasteiger partial charge in [0, 0.05) is 17.8 Å². The van der Waals surface area contributed by atoms with Crippen LogP contribution in [0.4, 0.5) is 11.4 Å². The highest BCUT2D eigenvalue weighted by atomic mass is 32.2. The Labute approximate surface area is 175 Å². The number of rotatable bonds is 7. The molecule has 0 unspecified atom stereocenters. The Kier molecular flexibility index (Phi) is 6.48. The lowest BCUT2D eigenvalue weighted by molar-refractivity contribution is 0.0951. The molecule has 3 N–H and O–H groups in total. The Morgan fingerprint density at radius 1 is 0.833 bits per heavy atom. The Balaban J connectivity index is 1.73. The third-order valence-electron chi connectivity index (χ3n) is 4.14. The average Bonchev–Trinajstić information content (AvgIpc) is 2.72. The van der Waals surface area contributed by atoms with Gasteiger partial charge in [0.15, 0.2) is 0 Å². The van der Waals surface area contributed by atoms with E-state index in [2.05, 4.69) is 15.4 Å². The van der Waals surface area contributed by atoms with Crippen LogP contribution in [0.3, 0.4) is 0 Å². The van der Waals surface area contributed by atoms with Crippen LogP contribution in [0.25, 0.3) is 0 Å². The fourth-order valence-corrected chi connectivity index (χ4v) is 3.35. The van der Waals surface area contributed by atoms with E-state index in [0.717, 1.165) is 11.8 Å². The first-order valence-electron chi connectivity index (χ1n) is 9.12. The van der Waals surface area contributed by atoms with Crippen LogP contribution in [-0.2, 0) is 16.6 Å². The van der Waals surface area contributed by atoms with E-state index in [9.17, 15) is 18.0 Å². The molecule has 0 saturated carbocycles. The molecule has 0 bridgehead atoms. The van der Waals surface area contributed by atoms with Crippen molar-refractivity contribution in [1.82, 2.24) is 5.32 Å². The fourth-order valence-electron chi connectivity index (χ4n) is 2.80. The SMILES string of the molecule is CS(=O)(=O)Nc1cccc(C(=O)Nc2ccccc2C(=O)NCc2ccccc2)c1. The van der Waals surface area contributed by atoms with Gasteiger partial charge in [-0.15, -0.1) is 0 Å². The normalized spacial score (nSPS) is 10.8. The number of amides is 2. The molecule has 0 fully saturated rings. The molecule has 7 nitrogen and oxygen atoms in total. The zero-order chi connectivity index (χ0) is 21.6. The van der Waals surface area contributed by atoms with E-state index in [-0.39, 0.29) is 17.2 Å². The third-order valence-corrected chi connectivity index (χ3v) is 4.75. The molecule has 8 heteroatoms.